The topological polar surface area (TPSA) is 18.5 Å². The van der Waals surface area contributed by atoms with Crippen LogP contribution in [0, 0.1) is 0 Å². The zero-order valence-corrected chi connectivity index (χ0v) is 18.6. The first kappa shape index (κ1) is 24.5. The Labute approximate surface area is 159 Å². The zero-order chi connectivity index (χ0) is 17.7. The van der Waals surface area contributed by atoms with Crippen molar-refractivity contribution in [3.8, 4) is 0 Å². The van der Waals surface area contributed by atoms with Crippen LogP contribution in [0.25, 0.3) is 0 Å². The van der Waals surface area contributed by atoms with Gasteiger partial charge in [-0.3, -0.25) is 0 Å². The Morgan fingerprint density at radius 1 is 0.542 bits per heavy atom. The fourth-order valence-corrected chi connectivity index (χ4v) is 5.15. The van der Waals surface area contributed by atoms with E-state index in [9.17, 15) is 0 Å². The molecule has 0 aromatic rings. The molecule has 0 bridgehead atoms. The highest BCUT2D eigenvalue weighted by molar-refractivity contribution is 7.80. The van der Waals surface area contributed by atoms with E-state index in [0.29, 0.717) is 0 Å². The van der Waals surface area contributed by atoms with Crippen molar-refractivity contribution < 1.29 is 8.85 Å². The van der Waals surface area contributed by atoms with Crippen molar-refractivity contribution in [1.82, 2.24) is 0 Å². The number of hydrogen-bond donors (Lipinski definition) is 1. The van der Waals surface area contributed by atoms with E-state index >= 15 is 0 Å². The molecule has 0 aliphatic heterocycles. The summed E-state index contributed by atoms with van der Waals surface area (Å²) < 4.78 is 11.4. The molecule has 24 heavy (non-hydrogen) atoms. The van der Waals surface area contributed by atoms with Crippen LogP contribution >= 0.6 is 12.6 Å². The molecule has 0 saturated heterocycles. The summed E-state index contributed by atoms with van der Waals surface area (Å²) in [5.41, 5.74) is 0. The Morgan fingerprint density at radius 2 is 0.875 bits per heavy atom. The van der Waals surface area contributed by atoms with Crippen molar-refractivity contribution >= 4 is 21.9 Å². The third kappa shape index (κ3) is 18.8. The van der Waals surface area contributed by atoms with Gasteiger partial charge in [0.05, 0.1) is 0 Å². The van der Waals surface area contributed by atoms with E-state index in [1.807, 2.05) is 0 Å². The van der Waals surface area contributed by atoms with Gasteiger partial charge in [0.25, 0.3) is 0 Å². The van der Waals surface area contributed by atoms with Gasteiger partial charge in [0.2, 0.25) is 0 Å². The van der Waals surface area contributed by atoms with Gasteiger partial charge in [0.15, 0.2) is 0 Å². The van der Waals surface area contributed by atoms with E-state index in [2.05, 4.69) is 26.5 Å². The minimum Gasteiger partial charge on any atom is -0.397 e. The molecule has 0 saturated carbocycles. The molecule has 0 aromatic carbocycles. The Kier molecular flexibility index (Phi) is 22.0. The minimum absolute atomic E-state index is 0.812. The van der Waals surface area contributed by atoms with Gasteiger partial charge >= 0.3 is 9.28 Å². The van der Waals surface area contributed by atoms with E-state index in [0.717, 1.165) is 19.0 Å². The van der Waals surface area contributed by atoms with Gasteiger partial charge in [0, 0.05) is 13.2 Å². The zero-order valence-electron chi connectivity index (χ0n) is 16.6. The lowest BCUT2D eigenvalue weighted by atomic mass is 10.0. The first-order valence-corrected chi connectivity index (χ1v) is 13.1. The first-order chi connectivity index (χ1) is 11.8. The molecule has 0 N–H and O–H groups in total. The molecule has 4 heteroatoms. The highest BCUT2D eigenvalue weighted by Gasteiger charge is 2.10. The third-order valence-corrected chi connectivity index (χ3v) is 7.16. The maximum atomic E-state index is 5.71. The average molecular weight is 377 g/mol. The monoisotopic (exact) mass is 376 g/mol. The summed E-state index contributed by atoms with van der Waals surface area (Å²) in [6.07, 6.45) is 19.6. The molecule has 0 fully saturated rings. The summed E-state index contributed by atoms with van der Waals surface area (Å²) in [5.74, 6) is 1.06. The van der Waals surface area contributed by atoms with Crippen molar-refractivity contribution in [3.05, 3.63) is 0 Å². The van der Waals surface area contributed by atoms with E-state index < -0.39 is 9.28 Å². The minimum atomic E-state index is -1.33. The van der Waals surface area contributed by atoms with Crippen LogP contribution in [0.15, 0.2) is 0 Å². The maximum absolute atomic E-state index is 5.71. The van der Waals surface area contributed by atoms with E-state index in [1.54, 1.807) is 0 Å². The molecular weight excluding hydrogens is 332 g/mol. The largest absolute Gasteiger partial charge is 0.397 e. The van der Waals surface area contributed by atoms with E-state index in [4.69, 9.17) is 8.85 Å². The van der Waals surface area contributed by atoms with Crippen LogP contribution in [0.3, 0.4) is 0 Å². The predicted octanol–water partition coefficient (Wildman–Crippen LogP) is 6.67. The highest BCUT2D eigenvalue weighted by atomic mass is 32.1. The second-order valence-electron chi connectivity index (χ2n) is 6.80. The molecule has 0 unspecified atom stereocenters. The molecule has 0 radical (unpaired) electrons. The van der Waals surface area contributed by atoms with Crippen LogP contribution in [-0.2, 0) is 8.85 Å². The van der Waals surface area contributed by atoms with Crippen molar-refractivity contribution in [3.63, 3.8) is 0 Å². The molecule has 0 amide bonds. The maximum Gasteiger partial charge on any atom is 0.321 e. The molecule has 0 heterocycles. The highest BCUT2D eigenvalue weighted by Crippen LogP contribution is 2.14. The quantitative estimate of drug-likeness (QED) is 0.145. The number of thiol groups is 1. The molecule has 0 spiro atoms. The standard InChI is InChI=1S/C20H44O2SSi/c1-3-21-24(22-4-2)20-18-16-14-12-10-8-6-5-7-9-11-13-15-17-19-23/h23-24H,3-20H2,1-2H3. The van der Waals surface area contributed by atoms with Crippen molar-refractivity contribution in [1.29, 1.82) is 0 Å². The number of unbranched alkanes of at least 4 members (excludes halogenated alkanes) is 13. The first-order valence-electron chi connectivity index (χ1n) is 10.7. The third-order valence-electron chi connectivity index (χ3n) is 4.55. The summed E-state index contributed by atoms with van der Waals surface area (Å²) in [6.45, 7) is 5.77. The smallest absolute Gasteiger partial charge is 0.321 e. The van der Waals surface area contributed by atoms with Crippen LogP contribution in [0.5, 0.6) is 0 Å². The molecule has 2 nitrogen and oxygen atoms in total. The molecule has 146 valence electrons. The van der Waals surface area contributed by atoms with Crippen LogP contribution < -0.4 is 0 Å². The molecule has 0 aliphatic rings. The fourth-order valence-electron chi connectivity index (χ4n) is 3.13. The SMILES string of the molecule is CCO[SiH](CCCCCCCCCCCCCCCCS)OCC. The van der Waals surface area contributed by atoms with Crippen LogP contribution in [0.4, 0.5) is 0 Å². The molecule has 0 aromatic heterocycles. The molecule has 0 rings (SSSR count). The van der Waals surface area contributed by atoms with Gasteiger partial charge in [-0.05, 0) is 32.1 Å². The Hall–Kier alpha value is 0.487. The Balaban J connectivity index is 3.14. The van der Waals surface area contributed by atoms with Crippen molar-refractivity contribution in [2.24, 2.45) is 0 Å². The Morgan fingerprint density at radius 3 is 1.21 bits per heavy atom. The summed E-state index contributed by atoms with van der Waals surface area (Å²) in [5, 5.41) is 0. The van der Waals surface area contributed by atoms with Gasteiger partial charge in [-0.1, -0.05) is 83.5 Å². The lowest BCUT2D eigenvalue weighted by Crippen LogP contribution is -2.22. The Bertz CT molecular complexity index is 224. The van der Waals surface area contributed by atoms with Crippen LogP contribution in [0.2, 0.25) is 6.04 Å². The summed E-state index contributed by atoms with van der Waals surface area (Å²) >= 11 is 4.25. The van der Waals surface area contributed by atoms with Crippen LogP contribution in [-0.4, -0.2) is 28.3 Å². The van der Waals surface area contributed by atoms with Crippen molar-refractivity contribution in [2.45, 2.75) is 110 Å². The van der Waals surface area contributed by atoms with E-state index in [1.165, 1.54) is 95.9 Å². The second kappa shape index (κ2) is 21.5. The molecule has 0 atom stereocenters. The van der Waals surface area contributed by atoms with E-state index in [-0.39, 0.29) is 0 Å². The van der Waals surface area contributed by atoms with Crippen LogP contribution in [0.1, 0.15) is 104 Å². The fraction of sp³-hybridized carbons (Fsp3) is 1.00. The van der Waals surface area contributed by atoms with Gasteiger partial charge in [-0.2, -0.15) is 12.6 Å². The average Bonchev–Trinajstić information content (AvgIpc) is 2.58. The summed E-state index contributed by atoms with van der Waals surface area (Å²) in [6, 6.07) is 1.19. The van der Waals surface area contributed by atoms with Gasteiger partial charge in [-0.25, -0.2) is 0 Å². The normalized spacial score (nSPS) is 11.5. The number of hydrogen-bond acceptors (Lipinski definition) is 3. The predicted molar refractivity (Wildman–Crippen MR) is 114 cm³/mol. The second-order valence-corrected chi connectivity index (χ2v) is 9.35. The molecule has 0 aliphatic carbocycles. The summed E-state index contributed by atoms with van der Waals surface area (Å²) in [4.78, 5) is 0. The molecular formula is C20H44O2SSi. The van der Waals surface area contributed by atoms with Gasteiger partial charge in [0.1, 0.15) is 0 Å². The van der Waals surface area contributed by atoms with Gasteiger partial charge in [-0.15, -0.1) is 0 Å². The lowest BCUT2D eigenvalue weighted by molar-refractivity contribution is 0.212. The summed E-state index contributed by atoms with van der Waals surface area (Å²) in [7, 11) is -1.33. The number of rotatable bonds is 20. The van der Waals surface area contributed by atoms with Gasteiger partial charge < -0.3 is 8.85 Å². The lowest BCUT2D eigenvalue weighted by Gasteiger charge is -2.14. The van der Waals surface area contributed by atoms with Crippen molar-refractivity contribution in [2.75, 3.05) is 19.0 Å².